The van der Waals surface area contributed by atoms with E-state index in [9.17, 15) is 8.78 Å². The minimum atomic E-state index is -0.642. The van der Waals surface area contributed by atoms with Gasteiger partial charge in [-0.2, -0.15) is 0 Å². The lowest BCUT2D eigenvalue weighted by molar-refractivity contribution is 0.586. The van der Waals surface area contributed by atoms with Gasteiger partial charge in [-0.1, -0.05) is 12.0 Å². The van der Waals surface area contributed by atoms with Crippen molar-refractivity contribution in [2.24, 2.45) is 0 Å². The molecule has 0 saturated carbocycles. The van der Waals surface area contributed by atoms with E-state index in [4.69, 9.17) is 6.42 Å². The maximum Gasteiger partial charge on any atom is 0.149 e. The van der Waals surface area contributed by atoms with Crippen molar-refractivity contribution in [1.29, 1.82) is 0 Å². The molecule has 0 spiro atoms. The van der Waals surface area contributed by atoms with Gasteiger partial charge in [-0.25, -0.2) is 8.78 Å². The van der Waals surface area contributed by atoms with Crippen LogP contribution < -0.4 is 5.32 Å². The van der Waals surface area contributed by atoms with E-state index >= 15 is 0 Å². The van der Waals surface area contributed by atoms with Crippen LogP contribution in [0.15, 0.2) is 42.5 Å². The quantitative estimate of drug-likeness (QED) is 0.774. The van der Waals surface area contributed by atoms with E-state index in [1.807, 2.05) is 0 Å². The zero-order valence-electron chi connectivity index (χ0n) is 8.87. The van der Waals surface area contributed by atoms with Crippen molar-refractivity contribution in [3.8, 4) is 12.3 Å². The summed E-state index contributed by atoms with van der Waals surface area (Å²) in [7, 11) is 0. The number of halogens is 2. The van der Waals surface area contributed by atoms with Crippen LogP contribution in [-0.2, 0) is 0 Å². The van der Waals surface area contributed by atoms with Gasteiger partial charge in [0.05, 0.1) is 5.69 Å². The van der Waals surface area contributed by atoms with Crippen LogP contribution in [0.5, 0.6) is 0 Å². The van der Waals surface area contributed by atoms with E-state index in [0.29, 0.717) is 11.3 Å². The Kier molecular flexibility index (Phi) is 3.06. The van der Waals surface area contributed by atoms with Crippen LogP contribution in [0.2, 0.25) is 0 Å². The van der Waals surface area contributed by atoms with E-state index in [1.54, 1.807) is 24.3 Å². The highest BCUT2D eigenvalue weighted by atomic mass is 19.1. The van der Waals surface area contributed by atoms with Gasteiger partial charge in [-0.15, -0.1) is 6.42 Å². The molecule has 0 fully saturated rings. The van der Waals surface area contributed by atoms with Gasteiger partial charge >= 0.3 is 0 Å². The second-order valence-electron chi connectivity index (χ2n) is 3.47. The molecule has 0 atom stereocenters. The fourth-order valence-electron chi connectivity index (χ4n) is 1.43. The third-order valence-electron chi connectivity index (χ3n) is 2.24. The Labute approximate surface area is 98.1 Å². The second kappa shape index (κ2) is 4.67. The van der Waals surface area contributed by atoms with Crippen LogP contribution in [0.1, 0.15) is 5.56 Å². The summed E-state index contributed by atoms with van der Waals surface area (Å²) >= 11 is 0. The summed E-state index contributed by atoms with van der Waals surface area (Å²) < 4.78 is 26.1. The molecule has 0 unspecified atom stereocenters. The molecule has 0 amide bonds. The van der Waals surface area contributed by atoms with Gasteiger partial charge < -0.3 is 5.32 Å². The van der Waals surface area contributed by atoms with Crippen LogP contribution in [0.25, 0.3) is 0 Å². The van der Waals surface area contributed by atoms with Gasteiger partial charge in [-0.3, -0.25) is 0 Å². The summed E-state index contributed by atoms with van der Waals surface area (Å²) in [6.07, 6.45) is 5.26. The topological polar surface area (TPSA) is 12.0 Å². The van der Waals surface area contributed by atoms with Crippen LogP contribution in [0.4, 0.5) is 20.2 Å². The second-order valence-corrected chi connectivity index (χ2v) is 3.47. The Morgan fingerprint density at radius 1 is 1.06 bits per heavy atom. The Morgan fingerprint density at radius 2 is 1.88 bits per heavy atom. The highest BCUT2D eigenvalue weighted by Gasteiger charge is 2.03. The molecule has 0 aliphatic carbocycles. The Balaban J connectivity index is 2.28. The minimum absolute atomic E-state index is 0.209. The molecule has 2 rings (SSSR count). The molecule has 0 saturated heterocycles. The van der Waals surface area contributed by atoms with E-state index in [2.05, 4.69) is 11.2 Å². The molecule has 0 bridgehead atoms. The summed E-state index contributed by atoms with van der Waals surface area (Å²) in [4.78, 5) is 0. The zero-order chi connectivity index (χ0) is 12.3. The fourth-order valence-corrected chi connectivity index (χ4v) is 1.43. The molecule has 17 heavy (non-hydrogen) atoms. The number of anilines is 2. The monoisotopic (exact) mass is 229 g/mol. The third-order valence-corrected chi connectivity index (χ3v) is 2.24. The maximum atomic E-state index is 13.4. The largest absolute Gasteiger partial charge is 0.353 e. The first-order chi connectivity index (χ1) is 8.19. The lowest BCUT2D eigenvalue weighted by Gasteiger charge is -2.07. The van der Waals surface area contributed by atoms with Gasteiger partial charge in [-0.05, 0) is 30.3 Å². The lowest BCUT2D eigenvalue weighted by Crippen LogP contribution is -1.94. The molecule has 2 aromatic carbocycles. The van der Waals surface area contributed by atoms with Crippen molar-refractivity contribution in [2.75, 3.05) is 5.32 Å². The molecule has 0 aliphatic heterocycles. The number of benzene rings is 2. The molecule has 2 aromatic rings. The molecule has 84 valence electrons. The highest BCUT2D eigenvalue weighted by Crippen LogP contribution is 2.21. The number of rotatable bonds is 2. The van der Waals surface area contributed by atoms with Crippen LogP contribution in [0, 0.1) is 24.0 Å². The first-order valence-electron chi connectivity index (χ1n) is 4.98. The molecule has 3 heteroatoms. The van der Waals surface area contributed by atoms with E-state index in [-0.39, 0.29) is 5.69 Å². The average Bonchev–Trinajstić information content (AvgIpc) is 2.33. The van der Waals surface area contributed by atoms with Gasteiger partial charge in [0.1, 0.15) is 11.6 Å². The number of hydrogen-bond acceptors (Lipinski definition) is 1. The Morgan fingerprint density at radius 3 is 2.59 bits per heavy atom. The van der Waals surface area contributed by atoms with Crippen molar-refractivity contribution in [3.63, 3.8) is 0 Å². The third kappa shape index (κ3) is 2.61. The molecule has 1 N–H and O–H groups in total. The summed E-state index contributed by atoms with van der Waals surface area (Å²) in [5.74, 6) is 1.23. The number of nitrogens with one attached hydrogen (secondary N) is 1. The van der Waals surface area contributed by atoms with Crippen LogP contribution >= 0.6 is 0 Å². The minimum Gasteiger partial charge on any atom is -0.353 e. The smallest absolute Gasteiger partial charge is 0.149 e. The molecule has 0 radical (unpaired) electrons. The normalized spacial score (nSPS) is 9.71. The zero-order valence-corrected chi connectivity index (χ0v) is 8.87. The average molecular weight is 229 g/mol. The lowest BCUT2D eigenvalue weighted by atomic mass is 10.2. The fraction of sp³-hybridized carbons (Fsp3) is 0. The molecule has 1 nitrogen and oxygen atoms in total. The van der Waals surface area contributed by atoms with Gasteiger partial charge in [0.2, 0.25) is 0 Å². The van der Waals surface area contributed by atoms with E-state index < -0.39 is 11.6 Å². The SMILES string of the molecule is C#Cc1cccc(Nc2ccc(F)cc2F)c1. The summed E-state index contributed by atoms with van der Waals surface area (Å²) in [5, 5.41) is 2.84. The molecule has 0 heterocycles. The van der Waals surface area contributed by atoms with Crippen molar-refractivity contribution in [2.45, 2.75) is 0 Å². The van der Waals surface area contributed by atoms with Crippen LogP contribution in [-0.4, -0.2) is 0 Å². The van der Waals surface area contributed by atoms with Gasteiger partial charge in [0.25, 0.3) is 0 Å². The summed E-state index contributed by atoms with van der Waals surface area (Å²) in [5.41, 5.74) is 1.56. The van der Waals surface area contributed by atoms with E-state index in [0.717, 1.165) is 6.07 Å². The first-order valence-corrected chi connectivity index (χ1v) is 4.98. The summed E-state index contributed by atoms with van der Waals surface area (Å²) in [6.45, 7) is 0. The predicted molar refractivity (Wildman–Crippen MR) is 64.0 cm³/mol. The number of terminal acetylenes is 1. The maximum absolute atomic E-state index is 13.4. The first kappa shape index (κ1) is 11.2. The van der Waals surface area contributed by atoms with Gasteiger partial charge in [0.15, 0.2) is 0 Å². The summed E-state index contributed by atoms with van der Waals surface area (Å²) in [6, 6.07) is 10.4. The molecule has 0 aliphatic rings. The van der Waals surface area contributed by atoms with Crippen molar-refractivity contribution in [1.82, 2.24) is 0 Å². The number of hydrogen-bond donors (Lipinski definition) is 1. The van der Waals surface area contributed by atoms with Gasteiger partial charge in [0, 0.05) is 17.3 Å². The molecular weight excluding hydrogens is 220 g/mol. The van der Waals surface area contributed by atoms with Crippen molar-refractivity contribution >= 4 is 11.4 Å². The van der Waals surface area contributed by atoms with Crippen molar-refractivity contribution in [3.05, 3.63) is 59.7 Å². The van der Waals surface area contributed by atoms with Crippen LogP contribution in [0.3, 0.4) is 0 Å². The predicted octanol–water partition coefficient (Wildman–Crippen LogP) is 3.69. The standard InChI is InChI=1S/C14H9F2N/c1-2-10-4-3-5-12(8-10)17-14-7-6-11(15)9-13(14)16/h1,3-9,17H. The Hall–Kier alpha value is -2.34. The molecular formula is C14H9F2N. The Bertz CT molecular complexity index is 585. The van der Waals surface area contributed by atoms with Crippen molar-refractivity contribution < 1.29 is 8.78 Å². The van der Waals surface area contributed by atoms with E-state index in [1.165, 1.54) is 12.1 Å². The highest BCUT2D eigenvalue weighted by molar-refractivity contribution is 5.61. The molecule has 0 aromatic heterocycles.